The van der Waals surface area contributed by atoms with Crippen LogP contribution >= 0.6 is 0 Å². The smallest absolute Gasteiger partial charge is 0.102 e. The summed E-state index contributed by atoms with van der Waals surface area (Å²) < 4.78 is 27.5. The van der Waals surface area contributed by atoms with E-state index in [4.69, 9.17) is 18.9 Å². The summed E-state index contributed by atoms with van der Waals surface area (Å²) in [6.07, 6.45) is 28.4. The Kier molecular flexibility index (Phi) is 33.4. The van der Waals surface area contributed by atoms with Gasteiger partial charge in [0.05, 0.1) is 74.3 Å². The average molecular weight is 701 g/mol. The minimum Gasteiger partial charge on any atom is -0.381 e. The Balaban J connectivity index is 5.03. The van der Waals surface area contributed by atoms with Crippen molar-refractivity contribution >= 4 is 0 Å². The molecule has 0 amide bonds. The van der Waals surface area contributed by atoms with Crippen LogP contribution < -0.4 is 0 Å². The molecule has 0 spiro atoms. The van der Waals surface area contributed by atoms with Crippen LogP contribution in [0.25, 0.3) is 0 Å². The van der Waals surface area contributed by atoms with Crippen molar-refractivity contribution in [2.24, 2.45) is 5.41 Å². The van der Waals surface area contributed by atoms with Gasteiger partial charge in [-0.2, -0.15) is 0 Å². The molecule has 0 aromatic carbocycles. The molecular formula is C43H92N2O4+2. The highest BCUT2D eigenvalue weighted by atomic mass is 16.5. The van der Waals surface area contributed by atoms with Gasteiger partial charge in [0.15, 0.2) is 0 Å². The van der Waals surface area contributed by atoms with Crippen molar-refractivity contribution < 1.29 is 27.9 Å². The minimum absolute atomic E-state index is 0.0795. The van der Waals surface area contributed by atoms with Gasteiger partial charge in [0.2, 0.25) is 0 Å². The molecule has 0 rings (SSSR count). The maximum atomic E-state index is 6.54. The molecule has 0 unspecified atom stereocenters. The normalized spacial score (nSPS) is 12.7. The van der Waals surface area contributed by atoms with Crippen LogP contribution in [-0.4, -0.2) is 116 Å². The topological polar surface area (TPSA) is 36.9 Å². The van der Waals surface area contributed by atoms with Crippen LogP contribution in [0.15, 0.2) is 0 Å². The van der Waals surface area contributed by atoms with Gasteiger partial charge < -0.3 is 27.9 Å². The lowest BCUT2D eigenvalue weighted by Gasteiger charge is -2.35. The molecule has 6 heteroatoms. The van der Waals surface area contributed by atoms with Gasteiger partial charge in [-0.3, -0.25) is 0 Å². The fraction of sp³-hybridized carbons (Fsp3) is 1.00. The largest absolute Gasteiger partial charge is 0.381 e. The SMILES string of the molecule is CCCCCCCCCCCCOCC(CCCCCCCOCCCCCC)(COCC[N+](C)(C)CCC)COCC[N+](C)(C)CCC. The van der Waals surface area contributed by atoms with Crippen LogP contribution in [0, 0.1) is 5.41 Å². The third-order valence-corrected chi connectivity index (χ3v) is 10.3. The highest BCUT2D eigenvalue weighted by molar-refractivity contribution is 4.80. The molecule has 0 aliphatic heterocycles. The Labute approximate surface area is 308 Å². The lowest BCUT2D eigenvalue weighted by molar-refractivity contribution is -0.890. The van der Waals surface area contributed by atoms with E-state index in [2.05, 4.69) is 55.9 Å². The van der Waals surface area contributed by atoms with E-state index in [-0.39, 0.29) is 5.41 Å². The molecule has 49 heavy (non-hydrogen) atoms. The van der Waals surface area contributed by atoms with E-state index in [9.17, 15) is 0 Å². The van der Waals surface area contributed by atoms with Crippen molar-refractivity contribution in [1.29, 1.82) is 0 Å². The molecule has 0 bridgehead atoms. The minimum atomic E-state index is -0.0795. The Morgan fingerprint density at radius 2 is 0.653 bits per heavy atom. The third kappa shape index (κ3) is 32.2. The van der Waals surface area contributed by atoms with Crippen LogP contribution in [0.3, 0.4) is 0 Å². The summed E-state index contributed by atoms with van der Waals surface area (Å²) in [6.45, 7) is 20.1. The molecule has 0 fully saturated rings. The van der Waals surface area contributed by atoms with E-state index in [1.54, 1.807) is 0 Å². The van der Waals surface area contributed by atoms with Crippen molar-refractivity contribution in [3.05, 3.63) is 0 Å². The van der Waals surface area contributed by atoms with Gasteiger partial charge in [0.25, 0.3) is 0 Å². The lowest BCUT2D eigenvalue weighted by Crippen LogP contribution is -2.45. The van der Waals surface area contributed by atoms with E-state index in [1.165, 1.54) is 148 Å². The first-order valence-electron chi connectivity index (χ1n) is 21.6. The van der Waals surface area contributed by atoms with Crippen LogP contribution in [0.2, 0.25) is 0 Å². The molecule has 0 aromatic heterocycles. The average Bonchev–Trinajstić information content (AvgIpc) is 3.06. The maximum absolute atomic E-state index is 6.54. The number of quaternary nitrogens is 2. The van der Waals surface area contributed by atoms with Gasteiger partial charge in [0.1, 0.15) is 13.1 Å². The van der Waals surface area contributed by atoms with Gasteiger partial charge in [-0.05, 0) is 38.5 Å². The molecule has 0 aromatic rings. The Bertz CT molecular complexity index is 616. The first-order chi connectivity index (χ1) is 23.7. The second-order valence-electron chi connectivity index (χ2n) is 16.8. The van der Waals surface area contributed by atoms with Crippen molar-refractivity contribution in [3.8, 4) is 0 Å². The number of ether oxygens (including phenoxy) is 4. The van der Waals surface area contributed by atoms with Crippen LogP contribution in [0.1, 0.15) is 169 Å². The summed E-state index contributed by atoms with van der Waals surface area (Å²) in [6, 6.07) is 0. The Morgan fingerprint density at radius 3 is 1.06 bits per heavy atom. The number of likely N-dealkylation sites (N-methyl/N-ethyl adjacent to an activating group) is 2. The van der Waals surface area contributed by atoms with E-state index < -0.39 is 0 Å². The lowest BCUT2D eigenvalue weighted by atomic mass is 9.84. The molecule has 6 nitrogen and oxygen atoms in total. The predicted octanol–water partition coefficient (Wildman–Crippen LogP) is 10.9. The van der Waals surface area contributed by atoms with Gasteiger partial charge in [-0.25, -0.2) is 0 Å². The van der Waals surface area contributed by atoms with Crippen LogP contribution in [0.4, 0.5) is 0 Å². The van der Waals surface area contributed by atoms with Gasteiger partial charge >= 0.3 is 0 Å². The first-order valence-corrected chi connectivity index (χ1v) is 21.6. The van der Waals surface area contributed by atoms with Gasteiger partial charge in [0, 0.05) is 25.2 Å². The summed E-state index contributed by atoms with van der Waals surface area (Å²) in [5, 5.41) is 0. The van der Waals surface area contributed by atoms with Crippen molar-refractivity contribution in [2.75, 3.05) is 107 Å². The summed E-state index contributed by atoms with van der Waals surface area (Å²) in [5.41, 5.74) is -0.0795. The highest BCUT2D eigenvalue weighted by Crippen LogP contribution is 2.28. The predicted molar refractivity (Wildman–Crippen MR) is 214 cm³/mol. The monoisotopic (exact) mass is 701 g/mol. The van der Waals surface area contributed by atoms with E-state index in [0.717, 1.165) is 81.3 Å². The second-order valence-corrected chi connectivity index (χ2v) is 16.8. The molecule has 0 N–H and O–H groups in total. The van der Waals surface area contributed by atoms with E-state index in [0.29, 0.717) is 0 Å². The standard InChI is InChI=1S/C43H92N2O4/c1-9-13-15-17-18-19-20-21-24-29-37-47-40-43(41-48-38-33-44(5,6)31-11-3,42-49-39-34-45(7,8)32-12-4)30-26-23-22-25-28-36-46-35-27-16-14-10-2/h9-42H2,1-8H3/q+2. The third-order valence-electron chi connectivity index (χ3n) is 10.3. The molecule has 0 atom stereocenters. The molecule has 0 aliphatic carbocycles. The fourth-order valence-corrected chi connectivity index (χ4v) is 6.92. The van der Waals surface area contributed by atoms with Gasteiger partial charge in [-0.15, -0.1) is 0 Å². The molecule has 0 heterocycles. The zero-order valence-corrected chi connectivity index (χ0v) is 35.1. The molecule has 296 valence electrons. The highest BCUT2D eigenvalue weighted by Gasteiger charge is 2.32. The summed E-state index contributed by atoms with van der Waals surface area (Å²) in [4.78, 5) is 0. The zero-order chi connectivity index (χ0) is 36.4. The van der Waals surface area contributed by atoms with Gasteiger partial charge in [-0.1, -0.05) is 130 Å². The molecule has 0 saturated heterocycles. The van der Waals surface area contributed by atoms with Crippen molar-refractivity contribution in [2.45, 2.75) is 169 Å². The van der Waals surface area contributed by atoms with Crippen molar-refractivity contribution in [3.63, 3.8) is 0 Å². The molecular weight excluding hydrogens is 608 g/mol. The first kappa shape index (κ1) is 48.8. The summed E-state index contributed by atoms with van der Waals surface area (Å²) >= 11 is 0. The zero-order valence-electron chi connectivity index (χ0n) is 35.1. The summed E-state index contributed by atoms with van der Waals surface area (Å²) in [7, 11) is 9.30. The number of hydrogen-bond donors (Lipinski definition) is 0. The quantitative estimate of drug-likeness (QED) is 0.0471. The fourth-order valence-electron chi connectivity index (χ4n) is 6.92. The second kappa shape index (κ2) is 33.6. The number of unbranched alkanes of at least 4 members (excludes halogenated alkanes) is 16. The molecule has 0 saturated carbocycles. The maximum Gasteiger partial charge on any atom is 0.102 e. The van der Waals surface area contributed by atoms with Crippen LogP contribution in [-0.2, 0) is 18.9 Å². The van der Waals surface area contributed by atoms with Crippen molar-refractivity contribution in [1.82, 2.24) is 0 Å². The van der Waals surface area contributed by atoms with Crippen LogP contribution in [0.5, 0.6) is 0 Å². The summed E-state index contributed by atoms with van der Waals surface area (Å²) in [5.74, 6) is 0. The Hall–Kier alpha value is -0.240. The number of nitrogens with zero attached hydrogens (tertiary/aromatic N) is 2. The molecule has 0 aliphatic rings. The number of hydrogen-bond acceptors (Lipinski definition) is 4. The van der Waals surface area contributed by atoms with E-state index in [1.807, 2.05) is 0 Å². The number of rotatable bonds is 40. The Morgan fingerprint density at radius 1 is 0.327 bits per heavy atom. The van der Waals surface area contributed by atoms with E-state index >= 15 is 0 Å². The molecule has 0 radical (unpaired) electrons.